The Bertz CT molecular complexity index is 1000. The average molecular weight is 443 g/mol. The van der Waals surface area contributed by atoms with Crippen LogP contribution in [0.5, 0.6) is 0 Å². The van der Waals surface area contributed by atoms with E-state index in [-0.39, 0.29) is 23.3 Å². The Balaban J connectivity index is 1.67. The van der Waals surface area contributed by atoms with Gasteiger partial charge in [-0.25, -0.2) is 13.2 Å². The van der Waals surface area contributed by atoms with E-state index in [0.717, 1.165) is 5.56 Å². The van der Waals surface area contributed by atoms with Crippen molar-refractivity contribution in [2.75, 3.05) is 7.11 Å². The summed E-state index contributed by atoms with van der Waals surface area (Å²) in [4.78, 5) is 0. The van der Waals surface area contributed by atoms with Gasteiger partial charge in [-0.2, -0.15) is 0 Å². The van der Waals surface area contributed by atoms with Crippen molar-refractivity contribution < 1.29 is 23.0 Å². The fourth-order valence-corrected chi connectivity index (χ4v) is 4.07. The molecule has 2 nitrogen and oxygen atoms in total. The summed E-state index contributed by atoms with van der Waals surface area (Å²) in [5.41, 5.74) is 2.79. The zero-order valence-corrected chi connectivity index (χ0v) is 18.3. The van der Waals surface area contributed by atoms with Gasteiger partial charge in [-0.1, -0.05) is 55.1 Å². The van der Waals surface area contributed by atoms with Crippen LogP contribution in [0.15, 0.2) is 72.8 Å². The number of rotatable bonds is 8. The van der Waals surface area contributed by atoms with Crippen LogP contribution in [-0.4, -0.2) is 18.3 Å². The molecular weight excluding hydrogens is 413 g/mol. The molecule has 0 amide bonds. The lowest BCUT2D eigenvalue weighted by Gasteiger charge is -2.26. The van der Waals surface area contributed by atoms with Gasteiger partial charge in [0.25, 0.3) is 0 Å². The third-order valence-corrected chi connectivity index (χ3v) is 6.09. The molecule has 1 fully saturated rings. The van der Waals surface area contributed by atoms with Gasteiger partial charge in [-0.05, 0) is 67.2 Å². The van der Waals surface area contributed by atoms with Gasteiger partial charge < -0.3 is 9.84 Å². The highest BCUT2D eigenvalue weighted by Crippen LogP contribution is 2.37. The summed E-state index contributed by atoms with van der Waals surface area (Å²) in [6.07, 6.45) is 4.69. The van der Waals surface area contributed by atoms with Gasteiger partial charge in [0.05, 0.1) is 13.2 Å². The molecule has 170 valence electrons. The molecule has 32 heavy (non-hydrogen) atoms. The van der Waals surface area contributed by atoms with Crippen LogP contribution in [-0.2, 0) is 11.2 Å². The van der Waals surface area contributed by atoms with E-state index < -0.39 is 17.5 Å². The van der Waals surface area contributed by atoms with Crippen LogP contribution in [0.2, 0.25) is 0 Å². The Morgan fingerprint density at radius 2 is 1.69 bits per heavy atom. The molecule has 5 heteroatoms. The van der Waals surface area contributed by atoms with Crippen molar-refractivity contribution in [3.8, 4) is 11.1 Å². The van der Waals surface area contributed by atoms with Crippen LogP contribution in [0.1, 0.15) is 49.1 Å². The van der Waals surface area contributed by atoms with E-state index in [4.69, 9.17) is 4.74 Å². The molecule has 0 spiro atoms. The maximum Gasteiger partial charge on any atom is 0.166 e. The van der Waals surface area contributed by atoms with E-state index in [1.807, 2.05) is 12.1 Å². The number of ether oxygens (including phenoxy) is 1. The number of halogens is 3. The van der Waals surface area contributed by atoms with Gasteiger partial charge in [0, 0.05) is 5.56 Å². The van der Waals surface area contributed by atoms with Crippen LogP contribution in [0.3, 0.4) is 0 Å². The SMILES string of the molecule is C=C(/C=C(/F)C(=C)OC)CCc1ccc(-c2ccc(C3CCC(O)CC3)c(F)c2F)cc1. The Morgan fingerprint density at radius 1 is 1.03 bits per heavy atom. The minimum atomic E-state index is -0.839. The van der Waals surface area contributed by atoms with E-state index >= 15 is 0 Å². The first-order chi connectivity index (χ1) is 15.3. The number of methoxy groups -OCH3 is 1. The predicted octanol–water partition coefficient (Wildman–Crippen LogP) is 7.15. The predicted molar refractivity (Wildman–Crippen MR) is 122 cm³/mol. The van der Waals surface area contributed by atoms with Gasteiger partial charge >= 0.3 is 0 Å². The monoisotopic (exact) mass is 442 g/mol. The first kappa shape index (κ1) is 23.9. The fourth-order valence-electron chi connectivity index (χ4n) is 4.07. The third kappa shape index (κ3) is 5.71. The van der Waals surface area contributed by atoms with Gasteiger partial charge in [-0.15, -0.1) is 0 Å². The molecule has 0 radical (unpaired) electrons. The van der Waals surface area contributed by atoms with Crippen molar-refractivity contribution in [1.82, 2.24) is 0 Å². The summed E-state index contributed by atoms with van der Waals surface area (Å²) >= 11 is 0. The molecule has 2 aromatic carbocycles. The molecule has 0 saturated heterocycles. The lowest BCUT2D eigenvalue weighted by molar-refractivity contribution is 0.122. The Labute approximate surface area is 187 Å². The second-order valence-corrected chi connectivity index (χ2v) is 8.31. The average Bonchev–Trinajstić information content (AvgIpc) is 2.80. The van der Waals surface area contributed by atoms with Gasteiger partial charge in [-0.3, -0.25) is 0 Å². The summed E-state index contributed by atoms with van der Waals surface area (Å²) in [5.74, 6) is -2.29. The number of allylic oxidation sites excluding steroid dienone is 3. The molecule has 0 aliphatic heterocycles. The summed E-state index contributed by atoms with van der Waals surface area (Å²) < 4.78 is 48.2. The van der Waals surface area contributed by atoms with Gasteiger partial charge in [0.15, 0.2) is 17.5 Å². The number of aliphatic hydroxyl groups is 1. The van der Waals surface area contributed by atoms with Crippen molar-refractivity contribution in [3.63, 3.8) is 0 Å². The zero-order valence-electron chi connectivity index (χ0n) is 18.3. The summed E-state index contributed by atoms with van der Waals surface area (Å²) in [7, 11) is 1.35. The maximum absolute atomic E-state index is 14.9. The summed E-state index contributed by atoms with van der Waals surface area (Å²) in [6, 6.07) is 10.5. The third-order valence-electron chi connectivity index (χ3n) is 6.09. The summed E-state index contributed by atoms with van der Waals surface area (Å²) in [6.45, 7) is 7.30. The van der Waals surface area contributed by atoms with E-state index in [1.54, 1.807) is 24.3 Å². The van der Waals surface area contributed by atoms with Gasteiger partial charge in [0.1, 0.15) is 5.76 Å². The van der Waals surface area contributed by atoms with Crippen LogP contribution in [0.4, 0.5) is 13.2 Å². The number of benzene rings is 2. The maximum atomic E-state index is 14.9. The van der Waals surface area contributed by atoms with E-state index in [2.05, 4.69) is 13.2 Å². The second kappa shape index (κ2) is 10.7. The fraction of sp³-hybridized carbons (Fsp3) is 0.333. The largest absolute Gasteiger partial charge is 0.494 e. The lowest BCUT2D eigenvalue weighted by atomic mass is 9.82. The highest BCUT2D eigenvalue weighted by molar-refractivity contribution is 5.65. The van der Waals surface area contributed by atoms with Crippen LogP contribution in [0.25, 0.3) is 11.1 Å². The molecule has 0 unspecified atom stereocenters. The Morgan fingerprint density at radius 3 is 2.31 bits per heavy atom. The number of hydrogen-bond donors (Lipinski definition) is 1. The molecule has 1 aliphatic rings. The molecule has 1 N–H and O–H groups in total. The zero-order chi connectivity index (χ0) is 23.3. The first-order valence-electron chi connectivity index (χ1n) is 10.8. The van der Waals surface area contributed by atoms with E-state index in [1.165, 1.54) is 13.2 Å². The van der Waals surface area contributed by atoms with Crippen molar-refractivity contribution in [2.24, 2.45) is 0 Å². The molecule has 0 aromatic heterocycles. The smallest absolute Gasteiger partial charge is 0.166 e. The van der Waals surface area contributed by atoms with Crippen molar-refractivity contribution >= 4 is 0 Å². The minimum absolute atomic E-state index is 0.0446. The van der Waals surface area contributed by atoms with Crippen LogP contribution >= 0.6 is 0 Å². The number of hydrogen-bond acceptors (Lipinski definition) is 2. The number of aliphatic hydroxyl groups excluding tert-OH is 1. The molecular formula is C27H29F3O2. The first-order valence-corrected chi connectivity index (χ1v) is 10.8. The quantitative estimate of drug-likeness (QED) is 0.347. The van der Waals surface area contributed by atoms with E-state index in [9.17, 15) is 18.3 Å². The van der Waals surface area contributed by atoms with Crippen LogP contribution in [0, 0.1) is 11.6 Å². The minimum Gasteiger partial charge on any atom is -0.494 e. The molecule has 2 aromatic rings. The van der Waals surface area contributed by atoms with Crippen molar-refractivity contribution in [3.05, 3.63) is 95.6 Å². The molecule has 0 bridgehead atoms. The second-order valence-electron chi connectivity index (χ2n) is 8.31. The molecule has 0 atom stereocenters. The van der Waals surface area contributed by atoms with Crippen molar-refractivity contribution in [1.29, 1.82) is 0 Å². The molecule has 0 heterocycles. The topological polar surface area (TPSA) is 29.5 Å². The Hall–Kier alpha value is -2.79. The molecule has 1 aliphatic carbocycles. The lowest BCUT2D eigenvalue weighted by Crippen LogP contribution is -2.18. The van der Waals surface area contributed by atoms with Crippen LogP contribution < -0.4 is 0 Å². The number of aryl methyl sites for hydroxylation is 1. The van der Waals surface area contributed by atoms with Crippen molar-refractivity contribution in [2.45, 2.75) is 50.5 Å². The molecule has 1 saturated carbocycles. The molecule has 3 rings (SSSR count). The highest BCUT2D eigenvalue weighted by atomic mass is 19.2. The Kier molecular flexibility index (Phi) is 7.97. The van der Waals surface area contributed by atoms with Gasteiger partial charge in [0.2, 0.25) is 0 Å². The normalized spacial score (nSPS) is 19.0. The highest BCUT2D eigenvalue weighted by Gasteiger charge is 2.25. The summed E-state index contributed by atoms with van der Waals surface area (Å²) in [5, 5.41) is 9.65. The standard InChI is InChI=1S/C27H29F3O2/c1-17(16-25(28)18(2)32-3)4-5-19-6-8-20(9-7-19)23-14-15-24(27(30)26(23)29)21-10-12-22(31)13-11-21/h6-9,14-16,21-22,31H,1-2,4-5,10-13H2,3H3/b25-16+. The van der Waals surface area contributed by atoms with E-state index in [0.29, 0.717) is 55.2 Å².